The summed E-state index contributed by atoms with van der Waals surface area (Å²) < 4.78 is 6.60. The number of ether oxygens (including phenoxy) is 1. The number of halogens is 1. The average molecular weight is 286 g/mol. The van der Waals surface area contributed by atoms with Crippen molar-refractivity contribution in [2.24, 2.45) is 5.92 Å². The van der Waals surface area contributed by atoms with E-state index in [4.69, 9.17) is 4.74 Å². The van der Waals surface area contributed by atoms with Gasteiger partial charge in [-0.2, -0.15) is 0 Å². The highest BCUT2D eigenvalue weighted by Gasteiger charge is 2.26. The van der Waals surface area contributed by atoms with Crippen LogP contribution in [0.3, 0.4) is 0 Å². The lowest BCUT2D eigenvalue weighted by Crippen LogP contribution is -2.26. The van der Waals surface area contributed by atoms with E-state index in [9.17, 15) is 0 Å². The van der Waals surface area contributed by atoms with Crippen molar-refractivity contribution in [2.45, 2.75) is 19.4 Å². The summed E-state index contributed by atoms with van der Waals surface area (Å²) in [5, 5.41) is 0. The van der Waals surface area contributed by atoms with Crippen LogP contribution in [0.2, 0.25) is 0 Å². The highest BCUT2D eigenvalue weighted by Crippen LogP contribution is 2.21. The van der Waals surface area contributed by atoms with Gasteiger partial charge in [0, 0.05) is 24.9 Å². The Hall–Kier alpha value is -0.680. The summed E-state index contributed by atoms with van der Waals surface area (Å²) in [6, 6.07) is 0.463. The zero-order chi connectivity index (χ0) is 11.5. The van der Waals surface area contributed by atoms with Gasteiger partial charge >= 0.3 is 6.01 Å². The van der Waals surface area contributed by atoms with Gasteiger partial charge in [-0.25, -0.2) is 9.97 Å². The SMILES string of the molecule is CC(Oc1ncc(Br)cn1)C1CCN(C)C1. The van der Waals surface area contributed by atoms with Gasteiger partial charge in [0.05, 0.1) is 4.47 Å². The van der Waals surface area contributed by atoms with Crippen LogP contribution in [-0.4, -0.2) is 41.1 Å². The molecule has 1 aliphatic rings. The number of aromatic nitrogens is 2. The van der Waals surface area contributed by atoms with Crippen LogP contribution in [0.4, 0.5) is 0 Å². The summed E-state index contributed by atoms with van der Waals surface area (Å²) in [6.45, 7) is 4.34. The molecule has 1 aromatic rings. The van der Waals surface area contributed by atoms with Crippen LogP contribution < -0.4 is 4.74 Å². The van der Waals surface area contributed by atoms with Crippen LogP contribution >= 0.6 is 15.9 Å². The van der Waals surface area contributed by atoms with E-state index in [1.165, 1.54) is 6.42 Å². The van der Waals surface area contributed by atoms with Gasteiger partial charge in [0.2, 0.25) is 0 Å². The lowest BCUT2D eigenvalue weighted by atomic mass is 10.0. The molecule has 88 valence electrons. The normalized spacial score (nSPS) is 23.3. The molecule has 0 bridgehead atoms. The summed E-state index contributed by atoms with van der Waals surface area (Å²) in [5.74, 6) is 0.581. The van der Waals surface area contributed by atoms with Crippen molar-refractivity contribution in [3.8, 4) is 6.01 Å². The molecule has 0 aromatic carbocycles. The molecule has 16 heavy (non-hydrogen) atoms. The Morgan fingerprint density at radius 2 is 2.19 bits per heavy atom. The van der Waals surface area contributed by atoms with Gasteiger partial charge in [-0.3, -0.25) is 0 Å². The molecule has 2 unspecified atom stereocenters. The van der Waals surface area contributed by atoms with E-state index >= 15 is 0 Å². The Labute approximate surface area is 104 Å². The second-order valence-corrected chi connectivity index (χ2v) is 5.23. The molecule has 1 saturated heterocycles. The van der Waals surface area contributed by atoms with Crippen molar-refractivity contribution < 1.29 is 4.74 Å². The lowest BCUT2D eigenvalue weighted by Gasteiger charge is -2.19. The minimum absolute atomic E-state index is 0.172. The van der Waals surface area contributed by atoms with E-state index in [1.807, 2.05) is 0 Å². The third-order valence-corrected chi connectivity index (χ3v) is 3.39. The second kappa shape index (κ2) is 5.10. The average Bonchev–Trinajstić information content (AvgIpc) is 2.68. The van der Waals surface area contributed by atoms with Gasteiger partial charge in [-0.05, 0) is 42.9 Å². The molecule has 1 aliphatic heterocycles. The van der Waals surface area contributed by atoms with E-state index < -0.39 is 0 Å². The number of likely N-dealkylation sites (tertiary alicyclic amines) is 1. The monoisotopic (exact) mass is 285 g/mol. The number of nitrogens with zero attached hydrogens (tertiary/aromatic N) is 3. The van der Waals surface area contributed by atoms with Crippen molar-refractivity contribution >= 4 is 15.9 Å². The maximum absolute atomic E-state index is 5.73. The molecule has 1 fully saturated rings. The molecule has 1 aromatic heterocycles. The Morgan fingerprint density at radius 3 is 2.75 bits per heavy atom. The first-order valence-electron chi connectivity index (χ1n) is 5.48. The van der Waals surface area contributed by atoms with Gasteiger partial charge < -0.3 is 9.64 Å². The van der Waals surface area contributed by atoms with E-state index in [2.05, 4.69) is 44.8 Å². The maximum atomic E-state index is 5.73. The van der Waals surface area contributed by atoms with Crippen molar-refractivity contribution in [1.82, 2.24) is 14.9 Å². The molecule has 0 aliphatic carbocycles. The lowest BCUT2D eigenvalue weighted by molar-refractivity contribution is 0.141. The fraction of sp³-hybridized carbons (Fsp3) is 0.636. The van der Waals surface area contributed by atoms with Crippen LogP contribution in [0.15, 0.2) is 16.9 Å². The first kappa shape index (κ1) is 11.8. The van der Waals surface area contributed by atoms with Crippen molar-refractivity contribution in [3.63, 3.8) is 0 Å². The molecule has 0 saturated carbocycles. The molecule has 5 heteroatoms. The Morgan fingerprint density at radius 1 is 1.50 bits per heavy atom. The molecule has 0 amide bonds. The quantitative estimate of drug-likeness (QED) is 0.851. The van der Waals surface area contributed by atoms with Crippen molar-refractivity contribution in [1.29, 1.82) is 0 Å². The highest BCUT2D eigenvalue weighted by molar-refractivity contribution is 9.10. The fourth-order valence-electron chi connectivity index (χ4n) is 1.98. The summed E-state index contributed by atoms with van der Waals surface area (Å²) in [5.41, 5.74) is 0. The highest BCUT2D eigenvalue weighted by atomic mass is 79.9. The maximum Gasteiger partial charge on any atom is 0.316 e. The largest absolute Gasteiger partial charge is 0.460 e. The Balaban J connectivity index is 1.91. The van der Waals surface area contributed by atoms with E-state index in [1.54, 1.807) is 12.4 Å². The molecule has 2 heterocycles. The smallest absolute Gasteiger partial charge is 0.316 e. The van der Waals surface area contributed by atoms with Crippen molar-refractivity contribution in [2.75, 3.05) is 20.1 Å². The standard InChI is InChI=1S/C11H16BrN3O/c1-8(9-3-4-15(2)7-9)16-11-13-5-10(12)6-14-11/h5-6,8-9H,3-4,7H2,1-2H3. The Kier molecular flexibility index (Phi) is 3.76. The fourth-order valence-corrected chi connectivity index (χ4v) is 2.18. The van der Waals surface area contributed by atoms with E-state index in [0.29, 0.717) is 11.9 Å². The van der Waals surface area contributed by atoms with Gasteiger partial charge in [-0.15, -0.1) is 0 Å². The van der Waals surface area contributed by atoms with Gasteiger partial charge in [0.1, 0.15) is 6.10 Å². The number of hydrogen-bond acceptors (Lipinski definition) is 4. The summed E-state index contributed by atoms with van der Waals surface area (Å²) in [6.07, 6.45) is 4.77. The van der Waals surface area contributed by atoms with Crippen LogP contribution in [0.5, 0.6) is 6.01 Å². The molecule has 2 atom stereocenters. The van der Waals surface area contributed by atoms with Crippen molar-refractivity contribution in [3.05, 3.63) is 16.9 Å². The summed E-state index contributed by atoms with van der Waals surface area (Å²) in [4.78, 5) is 10.6. The zero-order valence-corrected chi connectivity index (χ0v) is 11.1. The van der Waals surface area contributed by atoms with E-state index in [0.717, 1.165) is 17.6 Å². The molecule has 4 nitrogen and oxygen atoms in total. The third kappa shape index (κ3) is 2.92. The van der Waals surface area contributed by atoms with Crippen LogP contribution in [0.1, 0.15) is 13.3 Å². The Bertz CT molecular complexity index is 344. The topological polar surface area (TPSA) is 38.3 Å². The van der Waals surface area contributed by atoms with Gasteiger partial charge in [0.25, 0.3) is 0 Å². The molecule has 0 radical (unpaired) electrons. The van der Waals surface area contributed by atoms with E-state index in [-0.39, 0.29) is 6.10 Å². The van der Waals surface area contributed by atoms with Crippen LogP contribution in [-0.2, 0) is 0 Å². The van der Waals surface area contributed by atoms with Crippen LogP contribution in [0.25, 0.3) is 0 Å². The number of hydrogen-bond donors (Lipinski definition) is 0. The molecule has 0 N–H and O–H groups in total. The summed E-state index contributed by atoms with van der Waals surface area (Å²) in [7, 11) is 2.14. The minimum atomic E-state index is 0.172. The third-order valence-electron chi connectivity index (χ3n) is 2.98. The predicted octanol–water partition coefficient (Wildman–Crippen LogP) is 1.96. The predicted molar refractivity (Wildman–Crippen MR) is 65.4 cm³/mol. The van der Waals surface area contributed by atoms with Gasteiger partial charge in [0.15, 0.2) is 0 Å². The van der Waals surface area contributed by atoms with Crippen LogP contribution in [0, 0.1) is 5.92 Å². The zero-order valence-electron chi connectivity index (χ0n) is 9.56. The summed E-state index contributed by atoms with van der Waals surface area (Å²) >= 11 is 3.30. The first-order valence-corrected chi connectivity index (χ1v) is 6.27. The minimum Gasteiger partial charge on any atom is -0.460 e. The molecular formula is C11H16BrN3O. The second-order valence-electron chi connectivity index (χ2n) is 4.32. The molecule has 0 spiro atoms. The first-order chi connectivity index (χ1) is 7.65. The molecule has 2 rings (SSSR count). The number of rotatable bonds is 3. The molecular weight excluding hydrogens is 270 g/mol. The van der Waals surface area contributed by atoms with Gasteiger partial charge in [-0.1, -0.05) is 0 Å².